The predicted octanol–water partition coefficient (Wildman–Crippen LogP) is 2.96. The maximum absolute atomic E-state index is 13.4. The zero-order chi connectivity index (χ0) is 12.3. The van der Waals surface area contributed by atoms with Crippen LogP contribution in [0.5, 0.6) is 0 Å². The second-order valence-corrected chi connectivity index (χ2v) is 6.21. The lowest BCUT2D eigenvalue weighted by atomic mass is 10.1. The molecule has 0 saturated carbocycles. The van der Waals surface area contributed by atoms with Crippen LogP contribution >= 0.6 is 15.9 Å². The SMILES string of the molecule is CN(Cc1ccccc1F)C(=O)C(C)(C)Br. The van der Waals surface area contributed by atoms with Crippen molar-refractivity contribution in [1.29, 1.82) is 0 Å². The molecule has 0 heterocycles. The smallest absolute Gasteiger partial charge is 0.238 e. The minimum atomic E-state index is -0.618. The van der Waals surface area contributed by atoms with Gasteiger partial charge in [0.2, 0.25) is 5.91 Å². The predicted molar refractivity (Wildman–Crippen MR) is 65.9 cm³/mol. The number of carbonyl (C=O) groups excluding carboxylic acids is 1. The molecule has 88 valence electrons. The molecule has 0 aliphatic carbocycles. The maximum atomic E-state index is 13.4. The van der Waals surface area contributed by atoms with Crippen LogP contribution in [0.1, 0.15) is 19.4 Å². The van der Waals surface area contributed by atoms with E-state index in [0.717, 1.165) is 0 Å². The number of amides is 1. The Morgan fingerprint density at radius 3 is 2.50 bits per heavy atom. The summed E-state index contributed by atoms with van der Waals surface area (Å²) in [7, 11) is 1.66. The Labute approximate surface area is 104 Å². The second kappa shape index (κ2) is 4.95. The molecule has 0 spiro atoms. The number of halogens is 2. The largest absolute Gasteiger partial charge is 0.340 e. The van der Waals surface area contributed by atoms with E-state index in [4.69, 9.17) is 0 Å². The number of hydrogen-bond acceptors (Lipinski definition) is 1. The monoisotopic (exact) mass is 287 g/mol. The third-order valence-corrected chi connectivity index (χ3v) is 2.56. The highest BCUT2D eigenvalue weighted by Gasteiger charge is 2.27. The van der Waals surface area contributed by atoms with Gasteiger partial charge in [0, 0.05) is 19.2 Å². The van der Waals surface area contributed by atoms with Gasteiger partial charge in [-0.2, -0.15) is 0 Å². The molecule has 2 nitrogen and oxygen atoms in total. The zero-order valence-electron chi connectivity index (χ0n) is 9.63. The lowest BCUT2D eigenvalue weighted by Gasteiger charge is -2.24. The van der Waals surface area contributed by atoms with E-state index < -0.39 is 4.32 Å². The molecule has 0 aromatic heterocycles. The van der Waals surface area contributed by atoms with Crippen LogP contribution in [0.4, 0.5) is 4.39 Å². The zero-order valence-corrected chi connectivity index (χ0v) is 11.2. The van der Waals surface area contributed by atoms with Crippen LogP contribution in [-0.2, 0) is 11.3 Å². The normalized spacial score (nSPS) is 11.3. The van der Waals surface area contributed by atoms with Crippen molar-refractivity contribution in [1.82, 2.24) is 4.90 Å². The summed E-state index contributed by atoms with van der Waals surface area (Å²) < 4.78 is 12.7. The van der Waals surface area contributed by atoms with E-state index in [1.165, 1.54) is 11.0 Å². The van der Waals surface area contributed by atoms with E-state index in [2.05, 4.69) is 15.9 Å². The van der Waals surface area contributed by atoms with Gasteiger partial charge >= 0.3 is 0 Å². The van der Waals surface area contributed by atoms with Crippen LogP contribution in [0.2, 0.25) is 0 Å². The van der Waals surface area contributed by atoms with E-state index in [0.29, 0.717) is 5.56 Å². The van der Waals surface area contributed by atoms with Gasteiger partial charge in [0.05, 0.1) is 4.32 Å². The van der Waals surface area contributed by atoms with Crippen LogP contribution in [0.3, 0.4) is 0 Å². The van der Waals surface area contributed by atoms with Gasteiger partial charge in [-0.3, -0.25) is 4.79 Å². The summed E-state index contributed by atoms with van der Waals surface area (Å²) in [6.07, 6.45) is 0. The molecular formula is C12H15BrFNO. The standard InChI is InChI=1S/C12H15BrFNO/c1-12(2,13)11(16)15(3)8-9-6-4-5-7-10(9)14/h4-7H,8H2,1-3H3. The van der Waals surface area contributed by atoms with Crippen molar-refractivity contribution in [3.63, 3.8) is 0 Å². The molecule has 0 bridgehead atoms. The van der Waals surface area contributed by atoms with Crippen molar-refractivity contribution < 1.29 is 9.18 Å². The Morgan fingerprint density at radius 2 is 2.00 bits per heavy atom. The molecule has 1 rings (SSSR count). The number of benzene rings is 1. The van der Waals surface area contributed by atoms with Crippen molar-refractivity contribution in [2.45, 2.75) is 24.7 Å². The first-order valence-corrected chi connectivity index (χ1v) is 5.79. The topological polar surface area (TPSA) is 20.3 Å². The van der Waals surface area contributed by atoms with Crippen molar-refractivity contribution >= 4 is 21.8 Å². The van der Waals surface area contributed by atoms with Gasteiger partial charge < -0.3 is 4.90 Å². The van der Waals surface area contributed by atoms with E-state index in [1.807, 2.05) is 0 Å². The average Bonchev–Trinajstić information content (AvgIpc) is 2.19. The number of alkyl halides is 1. The van der Waals surface area contributed by atoms with Gasteiger partial charge in [0.1, 0.15) is 5.82 Å². The van der Waals surface area contributed by atoms with Crippen LogP contribution in [0.25, 0.3) is 0 Å². The summed E-state index contributed by atoms with van der Waals surface area (Å²) in [5, 5.41) is 0. The Kier molecular flexibility index (Phi) is 4.08. The van der Waals surface area contributed by atoms with Gasteiger partial charge in [-0.1, -0.05) is 34.1 Å². The Bertz CT molecular complexity index is 387. The highest BCUT2D eigenvalue weighted by atomic mass is 79.9. The van der Waals surface area contributed by atoms with Gasteiger partial charge in [0.15, 0.2) is 0 Å². The molecule has 0 N–H and O–H groups in total. The summed E-state index contributed by atoms with van der Waals surface area (Å²) in [5.41, 5.74) is 0.523. The Hall–Kier alpha value is -0.900. The number of hydrogen-bond donors (Lipinski definition) is 0. The fraction of sp³-hybridized carbons (Fsp3) is 0.417. The van der Waals surface area contributed by atoms with Gasteiger partial charge in [-0.05, 0) is 19.9 Å². The second-order valence-electron chi connectivity index (χ2n) is 4.23. The first kappa shape index (κ1) is 13.2. The van der Waals surface area contributed by atoms with E-state index in [9.17, 15) is 9.18 Å². The molecule has 0 aliphatic heterocycles. The van der Waals surface area contributed by atoms with E-state index in [-0.39, 0.29) is 18.3 Å². The lowest BCUT2D eigenvalue weighted by molar-refractivity contribution is -0.132. The average molecular weight is 288 g/mol. The molecule has 0 unspecified atom stereocenters. The highest BCUT2D eigenvalue weighted by molar-refractivity contribution is 9.10. The van der Waals surface area contributed by atoms with Crippen LogP contribution in [0.15, 0.2) is 24.3 Å². The van der Waals surface area contributed by atoms with Gasteiger partial charge in [0.25, 0.3) is 0 Å². The minimum Gasteiger partial charge on any atom is -0.340 e. The van der Waals surface area contributed by atoms with Crippen molar-refractivity contribution in [2.75, 3.05) is 7.05 Å². The number of carbonyl (C=O) groups is 1. The van der Waals surface area contributed by atoms with Crippen LogP contribution in [-0.4, -0.2) is 22.2 Å². The highest BCUT2D eigenvalue weighted by Crippen LogP contribution is 2.20. The molecule has 0 atom stereocenters. The Balaban J connectivity index is 2.76. The molecule has 4 heteroatoms. The molecule has 0 fully saturated rings. The molecule has 0 radical (unpaired) electrons. The summed E-state index contributed by atoms with van der Waals surface area (Å²) >= 11 is 3.29. The third kappa shape index (κ3) is 3.30. The molecule has 0 saturated heterocycles. The number of nitrogens with zero attached hydrogens (tertiary/aromatic N) is 1. The summed E-state index contributed by atoms with van der Waals surface area (Å²) in [6, 6.07) is 6.47. The van der Waals surface area contributed by atoms with E-state index >= 15 is 0 Å². The summed E-state index contributed by atoms with van der Waals surface area (Å²) in [4.78, 5) is 13.3. The Morgan fingerprint density at radius 1 is 1.44 bits per heavy atom. The number of rotatable bonds is 3. The fourth-order valence-corrected chi connectivity index (χ4v) is 1.71. The lowest BCUT2D eigenvalue weighted by Crippen LogP contribution is -2.38. The fourth-order valence-electron chi connectivity index (χ4n) is 1.41. The van der Waals surface area contributed by atoms with Crippen LogP contribution < -0.4 is 0 Å². The van der Waals surface area contributed by atoms with Crippen molar-refractivity contribution in [2.24, 2.45) is 0 Å². The van der Waals surface area contributed by atoms with Gasteiger partial charge in [-0.15, -0.1) is 0 Å². The molecule has 16 heavy (non-hydrogen) atoms. The minimum absolute atomic E-state index is 0.0734. The molecule has 0 aliphatic rings. The summed E-state index contributed by atoms with van der Waals surface area (Å²) in [6.45, 7) is 3.82. The van der Waals surface area contributed by atoms with Crippen molar-refractivity contribution in [3.8, 4) is 0 Å². The molecule has 1 aromatic carbocycles. The van der Waals surface area contributed by atoms with Crippen LogP contribution in [0, 0.1) is 5.82 Å². The molecule has 1 amide bonds. The van der Waals surface area contributed by atoms with Gasteiger partial charge in [-0.25, -0.2) is 4.39 Å². The quantitative estimate of drug-likeness (QED) is 0.783. The van der Waals surface area contributed by atoms with Crippen molar-refractivity contribution in [3.05, 3.63) is 35.6 Å². The van der Waals surface area contributed by atoms with E-state index in [1.54, 1.807) is 39.1 Å². The maximum Gasteiger partial charge on any atom is 0.238 e. The molecule has 1 aromatic rings. The first-order valence-electron chi connectivity index (χ1n) is 5.00. The first-order chi connectivity index (χ1) is 7.32. The third-order valence-electron chi connectivity index (χ3n) is 2.22. The summed E-state index contributed by atoms with van der Waals surface area (Å²) in [5.74, 6) is -0.356. The molecular weight excluding hydrogens is 273 g/mol.